The third kappa shape index (κ3) is 3.15. The Balaban J connectivity index is 1.97. The van der Waals surface area contributed by atoms with Crippen LogP contribution in [0.1, 0.15) is 36.7 Å². The molecule has 0 aliphatic carbocycles. The Hall–Kier alpha value is -3.58. The summed E-state index contributed by atoms with van der Waals surface area (Å²) in [4.78, 5) is 26.5. The van der Waals surface area contributed by atoms with Gasteiger partial charge in [0, 0.05) is 14.1 Å². The van der Waals surface area contributed by atoms with Crippen LogP contribution in [0.5, 0.6) is 5.75 Å². The highest BCUT2D eigenvalue weighted by atomic mass is 16.5. The van der Waals surface area contributed by atoms with Crippen molar-refractivity contribution in [3.05, 3.63) is 86.7 Å². The Morgan fingerprint density at radius 3 is 2.48 bits per heavy atom. The molecule has 2 atom stereocenters. The van der Waals surface area contributed by atoms with Crippen LogP contribution in [0.4, 0.5) is 0 Å². The van der Waals surface area contributed by atoms with Gasteiger partial charge in [0.25, 0.3) is 5.56 Å². The second-order valence-electron chi connectivity index (χ2n) is 8.45. The number of rotatable bonds is 4. The lowest BCUT2D eigenvalue weighted by Gasteiger charge is -2.33. The molecule has 2 aromatic heterocycles. The van der Waals surface area contributed by atoms with Crippen molar-refractivity contribution in [1.82, 2.24) is 13.7 Å². The summed E-state index contributed by atoms with van der Waals surface area (Å²) in [6.45, 7) is 2.61. The van der Waals surface area contributed by atoms with E-state index in [9.17, 15) is 9.59 Å². The number of fused-ring (bicyclic) bond motifs is 3. The average molecular weight is 446 g/mol. The van der Waals surface area contributed by atoms with Crippen LogP contribution < -0.4 is 16.0 Å². The fourth-order valence-corrected chi connectivity index (χ4v) is 4.94. The van der Waals surface area contributed by atoms with Crippen molar-refractivity contribution < 1.29 is 9.47 Å². The molecule has 0 spiro atoms. The van der Waals surface area contributed by atoms with Gasteiger partial charge in [-0.2, -0.15) is 0 Å². The predicted molar refractivity (Wildman–Crippen MR) is 128 cm³/mol. The van der Waals surface area contributed by atoms with Gasteiger partial charge in [-0.05, 0) is 29.7 Å². The Labute approximate surface area is 191 Å². The van der Waals surface area contributed by atoms with Gasteiger partial charge in [-0.15, -0.1) is 0 Å². The van der Waals surface area contributed by atoms with Crippen molar-refractivity contribution in [3.8, 4) is 17.0 Å². The fourth-order valence-electron chi connectivity index (χ4n) is 4.94. The first-order valence-electron chi connectivity index (χ1n) is 11.1. The average Bonchev–Trinajstić information content (AvgIpc) is 3.22. The van der Waals surface area contributed by atoms with Gasteiger partial charge in [0.05, 0.1) is 42.0 Å². The van der Waals surface area contributed by atoms with Crippen molar-refractivity contribution in [3.63, 3.8) is 0 Å². The van der Waals surface area contributed by atoms with Crippen molar-refractivity contribution >= 4 is 10.9 Å². The molecule has 33 heavy (non-hydrogen) atoms. The lowest BCUT2D eigenvalue weighted by atomic mass is 10.0. The van der Waals surface area contributed by atoms with Gasteiger partial charge in [-0.25, -0.2) is 4.79 Å². The summed E-state index contributed by atoms with van der Waals surface area (Å²) >= 11 is 0. The van der Waals surface area contributed by atoms with Crippen LogP contribution in [0.2, 0.25) is 0 Å². The fraction of sp³-hybridized carbons (Fsp3) is 0.308. The summed E-state index contributed by atoms with van der Waals surface area (Å²) in [6, 6.07) is 17.7. The Kier molecular flexibility index (Phi) is 5.21. The van der Waals surface area contributed by atoms with Gasteiger partial charge in [0.2, 0.25) is 0 Å². The molecule has 170 valence electrons. The molecule has 0 unspecified atom stereocenters. The lowest BCUT2D eigenvalue weighted by Crippen LogP contribution is -2.37. The van der Waals surface area contributed by atoms with E-state index in [1.54, 1.807) is 18.7 Å². The molecule has 7 heteroatoms. The summed E-state index contributed by atoms with van der Waals surface area (Å²) in [6.07, 6.45) is 0.382. The first-order valence-corrected chi connectivity index (χ1v) is 11.1. The highest BCUT2D eigenvalue weighted by Crippen LogP contribution is 2.44. The number of benzene rings is 2. The minimum absolute atomic E-state index is 0.0317. The zero-order valence-electron chi connectivity index (χ0n) is 19.2. The van der Waals surface area contributed by atoms with E-state index in [1.807, 2.05) is 54.6 Å². The molecule has 3 heterocycles. The number of aromatic nitrogens is 3. The highest BCUT2D eigenvalue weighted by Gasteiger charge is 2.36. The molecular formula is C26H27N3O4. The smallest absolute Gasteiger partial charge is 0.331 e. The van der Waals surface area contributed by atoms with Crippen LogP contribution in [0.3, 0.4) is 0 Å². The number of hydrogen-bond donors (Lipinski definition) is 0. The van der Waals surface area contributed by atoms with E-state index in [-0.39, 0.29) is 17.3 Å². The molecule has 0 N–H and O–H groups in total. The van der Waals surface area contributed by atoms with E-state index in [4.69, 9.17) is 9.47 Å². The van der Waals surface area contributed by atoms with Gasteiger partial charge in [-0.1, -0.05) is 49.4 Å². The van der Waals surface area contributed by atoms with Gasteiger partial charge in [0.15, 0.2) is 0 Å². The van der Waals surface area contributed by atoms with Crippen LogP contribution >= 0.6 is 0 Å². The highest BCUT2D eigenvalue weighted by molar-refractivity contribution is 5.96. The summed E-state index contributed by atoms with van der Waals surface area (Å²) in [5, 5.41) is 0.539. The topological polar surface area (TPSA) is 67.4 Å². The predicted octanol–water partition coefficient (Wildman–Crippen LogP) is 3.79. The van der Waals surface area contributed by atoms with Gasteiger partial charge in [-0.3, -0.25) is 13.9 Å². The van der Waals surface area contributed by atoms with Crippen LogP contribution in [0.25, 0.3) is 22.2 Å². The van der Waals surface area contributed by atoms with E-state index in [0.29, 0.717) is 17.5 Å². The maximum atomic E-state index is 13.5. The first kappa shape index (κ1) is 21.3. The SMILES string of the molecule is CC[C@H]1CO[C@H](c2cccc(OC)c2)c2c3c(c(-c4ccccc4)n21)c(=O)n(C)c(=O)n3C. The summed E-state index contributed by atoms with van der Waals surface area (Å²) < 4.78 is 16.8. The standard InChI is InChI=1S/C26H27N3O4/c1-5-18-15-33-24(17-12-9-13-19(14-17)32-4)23-22-20(25(30)28(3)26(31)27(22)2)21(29(18)23)16-10-7-6-8-11-16/h6-14,18,24H,5,15H2,1-4H3/t18-,24+/m0/s1. The molecular weight excluding hydrogens is 418 g/mol. The van der Waals surface area contributed by atoms with E-state index in [2.05, 4.69) is 11.5 Å². The number of hydrogen-bond acceptors (Lipinski definition) is 4. The van der Waals surface area contributed by atoms with Crippen molar-refractivity contribution in [2.75, 3.05) is 13.7 Å². The molecule has 0 fully saturated rings. The third-order valence-electron chi connectivity index (χ3n) is 6.63. The lowest BCUT2D eigenvalue weighted by molar-refractivity contribution is 0.0237. The van der Waals surface area contributed by atoms with Crippen molar-refractivity contribution in [2.24, 2.45) is 14.1 Å². The maximum Gasteiger partial charge on any atom is 0.331 e. The molecule has 0 bridgehead atoms. The largest absolute Gasteiger partial charge is 0.497 e. The quantitative estimate of drug-likeness (QED) is 0.479. The molecule has 7 nitrogen and oxygen atoms in total. The molecule has 1 aliphatic heterocycles. The van der Waals surface area contributed by atoms with Crippen LogP contribution in [-0.2, 0) is 18.8 Å². The molecule has 0 radical (unpaired) electrons. The molecule has 0 amide bonds. The molecule has 1 aliphatic rings. The number of methoxy groups -OCH3 is 1. The monoisotopic (exact) mass is 445 g/mol. The minimum atomic E-state index is -0.444. The molecule has 0 saturated heterocycles. The van der Waals surface area contributed by atoms with Crippen molar-refractivity contribution in [2.45, 2.75) is 25.5 Å². The van der Waals surface area contributed by atoms with Crippen LogP contribution in [-0.4, -0.2) is 27.4 Å². The molecule has 5 rings (SSSR count). The third-order valence-corrected chi connectivity index (χ3v) is 6.63. The Bertz CT molecular complexity index is 1460. The normalized spacial score (nSPS) is 17.8. The van der Waals surface area contributed by atoms with Gasteiger partial charge in [0.1, 0.15) is 11.9 Å². The number of ether oxygens (including phenoxy) is 2. The van der Waals surface area contributed by atoms with Gasteiger partial charge < -0.3 is 14.0 Å². The summed E-state index contributed by atoms with van der Waals surface area (Å²) in [5.74, 6) is 0.726. The first-order chi connectivity index (χ1) is 16.0. The van der Waals surface area contributed by atoms with Gasteiger partial charge >= 0.3 is 5.69 Å². The van der Waals surface area contributed by atoms with Crippen LogP contribution in [0.15, 0.2) is 64.2 Å². The molecule has 4 aromatic rings. The minimum Gasteiger partial charge on any atom is -0.497 e. The molecule has 2 aromatic carbocycles. The van der Waals surface area contributed by atoms with Crippen molar-refractivity contribution in [1.29, 1.82) is 0 Å². The number of nitrogens with zero attached hydrogens (tertiary/aromatic N) is 3. The molecule has 0 saturated carbocycles. The zero-order chi connectivity index (χ0) is 23.3. The zero-order valence-corrected chi connectivity index (χ0v) is 19.2. The van der Waals surface area contributed by atoms with Crippen LogP contribution in [0, 0.1) is 0 Å². The summed E-state index contributed by atoms with van der Waals surface area (Å²) in [5.41, 5.74) is 3.48. The Morgan fingerprint density at radius 2 is 1.79 bits per heavy atom. The Morgan fingerprint density at radius 1 is 1.03 bits per heavy atom. The second kappa shape index (κ2) is 8.08. The van der Waals surface area contributed by atoms with E-state index < -0.39 is 6.10 Å². The summed E-state index contributed by atoms with van der Waals surface area (Å²) in [7, 11) is 4.88. The maximum absolute atomic E-state index is 13.5. The van der Waals surface area contributed by atoms with E-state index >= 15 is 0 Å². The second-order valence-corrected chi connectivity index (χ2v) is 8.45. The van der Waals surface area contributed by atoms with E-state index in [0.717, 1.165) is 34.7 Å². The van der Waals surface area contributed by atoms with E-state index in [1.165, 1.54) is 11.6 Å². The number of aryl methyl sites for hydroxylation is 1.